The molecule has 6 N–H and O–H groups in total. The largest absolute Gasteiger partial charge is 0.472 e. The maximum absolute atomic E-state index is 12.8. The van der Waals surface area contributed by atoms with E-state index in [9.17, 15) is 44.6 Å². The highest BCUT2D eigenvalue weighted by molar-refractivity contribution is 7.47. The topological polar surface area (TPSA) is 210 Å². The number of carbonyl (C=O) groups is 2. The van der Waals surface area contributed by atoms with E-state index in [1.807, 2.05) is 0 Å². The average molecular weight is 797 g/mol. The van der Waals surface area contributed by atoms with Crippen molar-refractivity contribution in [2.75, 3.05) is 13.2 Å². The van der Waals surface area contributed by atoms with Gasteiger partial charge in [0.05, 0.1) is 6.61 Å². The van der Waals surface area contributed by atoms with E-state index in [1.54, 1.807) is 0 Å². The summed E-state index contributed by atoms with van der Waals surface area (Å²) in [5.41, 5.74) is 0. The van der Waals surface area contributed by atoms with E-state index in [2.05, 4.69) is 13.8 Å². The van der Waals surface area contributed by atoms with E-state index < -0.39 is 75.7 Å². The Morgan fingerprint density at radius 2 is 0.833 bits per heavy atom. The Labute approximate surface area is 325 Å². The van der Waals surface area contributed by atoms with Gasteiger partial charge in [0.25, 0.3) is 0 Å². The lowest BCUT2D eigenvalue weighted by Gasteiger charge is -2.41. The Hall–Kier alpha value is -1.15. The predicted octanol–water partition coefficient (Wildman–Crippen LogP) is 7.33. The molecule has 0 saturated heterocycles. The van der Waals surface area contributed by atoms with Crippen LogP contribution in [0.1, 0.15) is 187 Å². The number of phosphoric ester groups is 1. The molecule has 13 nitrogen and oxygen atoms in total. The first-order valence-electron chi connectivity index (χ1n) is 21.3. The van der Waals surface area contributed by atoms with Crippen molar-refractivity contribution in [2.24, 2.45) is 0 Å². The minimum absolute atomic E-state index is 0.104. The molecule has 14 heteroatoms. The molecule has 0 aromatic carbocycles. The van der Waals surface area contributed by atoms with Gasteiger partial charge in [0.15, 0.2) is 6.10 Å². The number of esters is 2. The maximum Gasteiger partial charge on any atom is 0.472 e. The van der Waals surface area contributed by atoms with Gasteiger partial charge in [-0.2, -0.15) is 0 Å². The molecule has 6 atom stereocenters. The second-order valence-corrected chi connectivity index (χ2v) is 16.6. The van der Waals surface area contributed by atoms with Crippen molar-refractivity contribution < 1.29 is 63.1 Å². The summed E-state index contributed by atoms with van der Waals surface area (Å²) >= 11 is 0. The van der Waals surface area contributed by atoms with Gasteiger partial charge in [-0.25, -0.2) is 4.57 Å². The lowest BCUT2D eigenvalue weighted by molar-refractivity contribution is -0.220. The highest BCUT2D eigenvalue weighted by Gasteiger charge is 2.51. The Balaban J connectivity index is 2.49. The van der Waals surface area contributed by atoms with Crippen molar-refractivity contribution in [3.8, 4) is 0 Å². The Kier molecular flexibility index (Phi) is 30.0. The lowest BCUT2D eigenvalue weighted by atomic mass is 9.85. The third-order valence-corrected chi connectivity index (χ3v) is 11.2. The number of hydrogen-bond donors (Lipinski definition) is 6. The summed E-state index contributed by atoms with van der Waals surface area (Å²) in [6.07, 6.45) is 16.0. The molecule has 0 amide bonds. The molecule has 1 fully saturated rings. The number of unbranched alkanes of at least 4 members (excludes halogenated alkanes) is 23. The molecule has 1 rings (SSSR count). The first-order valence-corrected chi connectivity index (χ1v) is 22.8. The highest BCUT2D eigenvalue weighted by atomic mass is 31.2. The number of hydrogen-bond acceptors (Lipinski definition) is 12. The molecule has 1 aliphatic carbocycles. The quantitative estimate of drug-likeness (QED) is 0.0211. The normalized spacial score (nSPS) is 23.2. The van der Waals surface area contributed by atoms with E-state index >= 15 is 0 Å². The molecule has 54 heavy (non-hydrogen) atoms. The van der Waals surface area contributed by atoms with Gasteiger partial charge in [-0.1, -0.05) is 162 Å². The Morgan fingerprint density at radius 3 is 1.22 bits per heavy atom. The molecule has 0 aliphatic heterocycles. The van der Waals surface area contributed by atoms with Crippen LogP contribution in [0.5, 0.6) is 0 Å². The van der Waals surface area contributed by atoms with Crippen LogP contribution in [0.15, 0.2) is 0 Å². The molecule has 0 aromatic rings. The Bertz CT molecular complexity index is 969. The Morgan fingerprint density at radius 1 is 0.500 bits per heavy atom. The summed E-state index contributed by atoms with van der Waals surface area (Å²) in [5.74, 6) is -1.09. The summed E-state index contributed by atoms with van der Waals surface area (Å²) in [4.78, 5) is 35.5. The first-order chi connectivity index (χ1) is 25.9. The maximum atomic E-state index is 12.8. The molecule has 0 aromatic heterocycles. The van der Waals surface area contributed by atoms with Gasteiger partial charge in [0.1, 0.15) is 43.2 Å². The number of phosphoric acid groups is 1. The van der Waals surface area contributed by atoms with E-state index in [0.717, 1.165) is 38.5 Å². The van der Waals surface area contributed by atoms with E-state index in [4.69, 9.17) is 18.5 Å². The number of ether oxygens (including phenoxy) is 2. The fraction of sp³-hybridized carbons (Fsp3) is 0.950. The van der Waals surface area contributed by atoms with Crippen molar-refractivity contribution in [3.05, 3.63) is 0 Å². The molecule has 1 aliphatic rings. The zero-order chi connectivity index (χ0) is 40.0. The standard InChI is InChI=1S/C40H77O13P/c1-3-5-7-9-11-13-15-17-19-21-23-25-27-29-34(42)52-32(30-50-33(41)28-26-24-22-20-18-16-14-12-10-8-6-4-2)31-51-54(48,49)53-40-38(46)36(44)35(43)37(45)39(40)47/h32,35-40,43-47H,3-31H2,1-2H3,(H,48,49). The van der Waals surface area contributed by atoms with E-state index in [0.29, 0.717) is 12.8 Å². The number of aliphatic hydroxyl groups excluding tert-OH is 5. The van der Waals surface area contributed by atoms with Crippen LogP contribution in [0.2, 0.25) is 0 Å². The number of aliphatic hydroxyl groups is 5. The van der Waals surface area contributed by atoms with Gasteiger partial charge in [0.2, 0.25) is 0 Å². The van der Waals surface area contributed by atoms with Crippen molar-refractivity contribution >= 4 is 19.8 Å². The van der Waals surface area contributed by atoms with Gasteiger partial charge >= 0.3 is 19.8 Å². The second kappa shape index (κ2) is 31.9. The van der Waals surface area contributed by atoms with E-state index in [-0.39, 0.29) is 12.8 Å². The molecule has 0 radical (unpaired) electrons. The van der Waals surface area contributed by atoms with Crippen molar-refractivity contribution in [1.29, 1.82) is 0 Å². The molecule has 6 unspecified atom stereocenters. The fourth-order valence-corrected chi connectivity index (χ4v) is 7.67. The summed E-state index contributed by atoms with van der Waals surface area (Å²) in [7, 11) is -5.10. The fourth-order valence-electron chi connectivity index (χ4n) is 6.70. The molecule has 0 bridgehead atoms. The lowest BCUT2D eigenvalue weighted by Crippen LogP contribution is -2.64. The molecular weight excluding hydrogens is 719 g/mol. The zero-order valence-electron chi connectivity index (χ0n) is 33.5. The summed E-state index contributed by atoms with van der Waals surface area (Å²) in [5, 5.41) is 50.0. The first kappa shape index (κ1) is 50.9. The van der Waals surface area contributed by atoms with Crippen LogP contribution in [0.4, 0.5) is 0 Å². The van der Waals surface area contributed by atoms with Gasteiger partial charge in [-0.05, 0) is 12.8 Å². The molecule has 0 spiro atoms. The molecular formula is C40H77O13P. The van der Waals surface area contributed by atoms with Crippen LogP contribution < -0.4 is 0 Å². The smallest absolute Gasteiger partial charge is 0.462 e. The minimum atomic E-state index is -5.10. The van der Waals surface area contributed by atoms with Gasteiger partial charge < -0.3 is 39.9 Å². The highest BCUT2D eigenvalue weighted by Crippen LogP contribution is 2.47. The molecule has 1 saturated carbocycles. The average Bonchev–Trinajstić information content (AvgIpc) is 3.15. The van der Waals surface area contributed by atoms with Crippen molar-refractivity contribution in [1.82, 2.24) is 0 Å². The minimum Gasteiger partial charge on any atom is -0.462 e. The van der Waals surface area contributed by atoms with Crippen LogP contribution in [-0.4, -0.2) is 98.3 Å². The van der Waals surface area contributed by atoms with E-state index in [1.165, 1.54) is 109 Å². The summed E-state index contributed by atoms with van der Waals surface area (Å²) < 4.78 is 33.4. The van der Waals surface area contributed by atoms with Gasteiger partial charge in [-0.15, -0.1) is 0 Å². The van der Waals surface area contributed by atoms with Crippen LogP contribution >= 0.6 is 7.82 Å². The van der Waals surface area contributed by atoms with Crippen LogP contribution in [-0.2, 0) is 32.7 Å². The van der Waals surface area contributed by atoms with Crippen LogP contribution in [0.25, 0.3) is 0 Å². The second-order valence-electron chi connectivity index (χ2n) is 15.2. The van der Waals surface area contributed by atoms with Crippen molar-refractivity contribution in [3.63, 3.8) is 0 Å². The molecule has 320 valence electrons. The van der Waals surface area contributed by atoms with Crippen LogP contribution in [0, 0.1) is 0 Å². The third-order valence-electron chi connectivity index (χ3n) is 10.2. The van der Waals surface area contributed by atoms with Crippen molar-refractivity contribution in [2.45, 2.75) is 230 Å². The third kappa shape index (κ3) is 24.5. The summed E-state index contributed by atoms with van der Waals surface area (Å²) in [6, 6.07) is 0. The summed E-state index contributed by atoms with van der Waals surface area (Å²) in [6.45, 7) is 3.29. The van der Waals surface area contributed by atoms with Gasteiger partial charge in [0, 0.05) is 12.8 Å². The number of carbonyl (C=O) groups excluding carboxylic acids is 2. The van der Waals surface area contributed by atoms with Gasteiger partial charge in [-0.3, -0.25) is 18.6 Å². The zero-order valence-corrected chi connectivity index (χ0v) is 34.4. The monoisotopic (exact) mass is 797 g/mol. The molecule has 0 heterocycles. The SMILES string of the molecule is CCCCCCCCCCCCCCCC(=O)OC(COC(=O)CCCCCCCCCCCCCC)COP(=O)(O)OC1C(O)C(O)C(O)C(O)C1O. The predicted molar refractivity (Wildman–Crippen MR) is 208 cm³/mol. The van der Waals surface area contributed by atoms with Crippen LogP contribution in [0.3, 0.4) is 0 Å². The number of rotatable bonds is 35.